The van der Waals surface area contributed by atoms with Gasteiger partial charge >= 0.3 is 6.03 Å². The highest BCUT2D eigenvalue weighted by Gasteiger charge is 2.53. The van der Waals surface area contributed by atoms with Crippen molar-refractivity contribution in [3.05, 3.63) is 136 Å². The summed E-state index contributed by atoms with van der Waals surface area (Å²) in [6.45, 7) is 2.29. The molecule has 2 N–H and O–H groups in total. The molecule has 2 atom stereocenters. The second kappa shape index (κ2) is 10.2. The average Bonchev–Trinajstić information content (AvgIpc) is 3.50. The molecule has 4 aromatic carbocycles. The van der Waals surface area contributed by atoms with Crippen LogP contribution in [0, 0.1) is 6.92 Å². The van der Waals surface area contributed by atoms with Gasteiger partial charge in [0.15, 0.2) is 0 Å². The van der Waals surface area contributed by atoms with Crippen LogP contribution in [0.3, 0.4) is 0 Å². The Labute approximate surface area is 247 Å². The summed E-state index contributed by atoms with van der Waals surface area (Å²) >= 11 is 5.99. The molecule has 2 aliphatic heterocycles. The van der Waals surface area contributed by atoms with E-state index in [0.29, 0.717) is 11.4 Å². The molecule has 8 heteroatoms. The third-order valence-electron chi connectivity index (χ3n) is 8.29. The molecule has 2 aliphatic rings. The first-order valence-electron chi connectivity index (χ1n) is 13.9. The van der Waals surface area contributed by atoms with Gasteiger partial charge < -0.3 is 10.3 Å². The van der Waals surface area contributed by atoms with Crippen LogP contribution in [-0.2, 0) is 17.8 Å². The first kappa shape index (κ1) is 26.0. The monoisotopic (exact) mass is 574 g/mol. The number of hydrogen-bond donors (Lipinski definition) is 2. The minimum atomic E-state index is -0.709. The normalized spacial score (nSPS) is 17.9. The number of rotatable bonds is 5. The number of fused-ring (bicyclic) bond motifs is 4. The van der Waals surface area contributed by atoms with Gasteiger partial charge in [0.05, 0.1) is 11.3 Å². The molecule has 1 fully saturated rings. The molecule has 4 amide bonds. The van der Waals surface area contributed by atoms with Gasteiger partial charge in [-0.15, -0.1) is 0 Å². The predicted molar refractivity (Wildman–Crippen MR) is 163 cm³/mol. The molecule has 0 spiro atoms. The Morgan fingerprint density at radius 1 is 0.929 bits per heavy atom. The van der Waals surface area contributed by atoms with E-state index >= 15 is 0 Å². The number of para-hydroxylation sites is 2. The van der Waals surface area contributed by atoms with Crippen LogP contribution in [0.15, 0.2) is 97.1 Å². The zero-order valence-electron chi connectivity index (χ0n) is 22.8. The van der Waals surface area contributed by atoms with E-state index < -0.39 is 18.1 Å². The highest BCUT2D eigenvalue weighted by Crippen LogP contribution is 2.45. The quantitative estimate of drug-likeness (QED) is 0.234. The Hall–Kier alpha value is -4.88. The molecule has 0 unspecified atom stereocenters. The fourth-order valence-electron chi connectivity index (χ4n) is 6.25. The van der Waals surface area contributed by atoms with Crippen molar-refractivity contribution < 1.29 is 14.4 Å². The molecule has 0 bridgehead atoms. The number of benzene rings is 4. The zero-order valence-corrected chi connectivity index (χ0v) is 23.6. The van der Waals surface area contributed by atoms with Crippen molar-refractivity contribution >= 4 is 46.0 Å². The summed E-state index contributed by atoms with van der Waals surface area (Å²) in [5.74, 6) is -0.717. The highest BCUT2D eigenvalue weighted by atomic mass is 35.5. The van der Waals surface area contributed by atoms with Crippen LogP contribution in [0.1, 0.15) is 44.3 Å². The summed E-state index contributed by atoms with van der Waals surface area (Å²) in [6.07, 6.45) is 0.383. The van der Waals surface area contributed by atoms with Gasteiger partial charge in [0.1, 0.15) is 12.1 Å². The first-order valence-corrected chi connectivity index (χ1v) is 14.2. The van der Waals surface area contributed by atoms with E-state index in [1.54, 1.807) is 41.3 Å². The van der Waals surface area contributed by atoms with E-state index in [1.807, 2.05) is 61.5 Å². The molecule has 208 valence electrons. The number of imide groups is 1. The number of hydrogen-bond acceptors (Lipinski definition) is 3. The number of H-pyrrole nitrogens is 1. The van der Waals surface area contributed by atoms with Crippen molar-refractivity contribution in [3.8, 4) is 0 Å². The topological polar surface area (TPSA) is 85.5 Å². The summed E-state index contributed by atoms with van der Waals surface area (Å²) < 4.78 is 0. The van der Waals surface area contributed by atoms with Crippen LogP contribution >= 0.6 is 11.6 Å². The molecule has 7 nitrogen and oxygen atoms in total. The van der Waals surface area contributed by atoms with E-state index in [9.17, 15) is 14.4 Å². The van der Waals surface area contributed by atoms with Crippen LogP contribution in [0.2, 0.25) is 5.02 Å². The number of carbonyl (C=O) groups is 3. The van der Waals surface area contributed by atoms with E-state index in [0.717, 1.165) is 38.9 Å². The summed E-state index contributed by atoms with van der Waals surface area (Å²) in [5.41, 5.74) is 6.31. The molecule has 0 saturated carbocycles. The SMILES string of the molecule is Cc1ccccc1[C@H]1c2[nH]c3ccccc3c2C[C@H]2C(=O)N(c3ccccc3C(=O)NCc3ccc(Cl)cc3)C(=O)N12. The standard InChI is InChI=1S/C34H27ClN4O3/c1-20-8-2-3-9-23(20)31-30-26(24-10-4-6-12-27(24)37-30)18-29-33(41)39(34(42)38(29)31)28-13-7-5-11-25(28)32(40)36-19-21-14-16-22(35)17-15-21/h2-17,29,31,37H,18-19H2,1H3,(H,36,40)/t29-,31-/m0/s1. The lowest BCUT2D eigenvalue weighted by atomic mass is 9.87. The van der Waals surface area contributed by atoms with E-state index in [4.69, 9.17) is 11.6 Å². The second-order valence-corrected chi connectivity index (χ2v) is 11.2. The van der Waals surface area contributed by atoms with Crippen molar-refractivity contribution in [2.75, 3.05) is 4.90 Å². The molecule has 0 aliphatic carbocycles. The van der Waals surface area contributed by atoms with Crippen LogP contribution < -0.4 is 10.2 Å². The Morgan fingerprint density at radius 2 is 1.64 bits per heavy atom. The summed E-state index contributed by atoms with van der Waals surface area (Å²) in [5, 5.41) is 4.57. The lowest BCUT2D eigenvalue weighted by Gasteiger charge is -2.36. The fraction of sp³-hybridized carbons (Fsp3) is 0.147. The van der Waals surface area contributed by atoms with Crippen LogP contribution in [-0.4, -0.2) is 33.8 Å². The molecule has 1 saturated heterocycles. The van der Waals surface area contributed by atoms with Gasteiger partial charge in [-0.1, -0.05) is 78.3 Å². The first-order chi connectivity index (χ1) is 20.4. The predicted octanol–water partition coefficient (Wildman–Crippen LogP) is 6.54. The van der Waals surface area contributed by atoms with Gasteiger partial charge in [-0.05, 0) is 59.5 Å². The zero-order chi connectivity index (χ0) is 29.0. The highest BCUT2D eigenvalue weighted by molar-refractivity contribution is 6.30. The maximum absolute atomic E-state index is 14.3. The maximum atomic E-state index is 14.3. The van der Waals surface area contributed by atoms with E-state index in [1.165, 1.54) is 4.90 Å². The van der Waals surface area contributed by atoms with Crippen LogP contribution in [0.25, 0.3) is 10.9 Å². The Morgan fingerprint density at radius 3 is 2.45 bits per heavy atom. The van der Waals surface area contributed by atoms with Crippen LogP contribution in [0.4, 0.5) is 10.5 Å². The van der Waals surface area contributed by atoms with Crippen molar-refractivity contribution in [1.29, 1.82) is 0 Å². The largest absolute Gasteiger partial charge is 0.356 e. The Bertz CT molecular complexity index is 1880. The van der Waals surface area contributed by atoms with Gasteiger partial charge in [-0.2, -0.15) is 0 Å². The van der Waals surface area contributed by atoms with Crippen molar-refractivity contribution in [2.45, 2.75) is 32.0 Å². The van der Waals surface area contributed by atoms with Gasteiger partial charge in [0.25, 0.3) is 11.8 Å². The summed E-state index contributed by atoms with van der Waals surface area (Å²) in [7, 11) is 0. The third kappa shape index (κ3) is 4.16. The second-order valence-electron chi connectivity index (χ2n) is 10.7. The molecule has 1 aromatic heterocycles. The number of nitrogens with one attached hydrogen (secondary N) is 2. The van der Waals surface area contributed by atoms with Gasteiger partial charge in [0, 0.05) is 34.6 Å². The Balaban J connectivity index is 1.28. The minimum absolute atomic E-state index is 0.254. The van der Waals surface area contributed by atoms with Gasteiger partial charge in [-0.3, -0.25) is 14.5 Å². The lowest BCUT2D eigenvalue weighted by Crippen LogP contribution is -2.44. The maximum Gasteiger partial charge on any atom is 0.332 e. The number of urea groups is 1. The third-order valence-corrected chi connectivity index (χ3v) is 8.54. The molecule has 7 rings (SSSR count). The Kier molecular flexibility index (Phi) is 6.32. The number of halogens is 1. The smallest absolute Gasteiger partial charge is 0.332 e. The fourth-order valence-corrected chi connectivity index (χ4v) is 6.38. The average molecular weight is 575 g/mol. The number of amides is 4. The molecular weight excluding hydrogens is 548 g/mol. The number of anilines is 1. The molecule has 3 heterocycles. The van der Waals surface area contributed by atoms with Crippen molar-refractivity contribution in [2.24, 2.45) is 0 Å². The molecule has 5 aromatic rings. The van der Waals surface area contributed by atoms with Gasteiger partial charge in [0.2, 0.25) is 0 Å². The summed E-state index contributed by atoms with van der Waals surface area (Å²) in [6, 6.07) is 28.3. The van der Waals surface area contributed by atoms with Crippen LogP contribution in [0.5, 0.6) is 0 Å². The molecule has 0 radical (unpaired) electrons. The number of aryl methyl sites for hydroxylation is 1. The molecular formula is C34H27ClN4O3. The minimum Gasteiger partial charge on any atom is -0.356 e. The van der Waals surface area contributed by atoms with E-state index in [2.05, 4.69) is 16.4 Å². The van der Waals surface area contributed by atoms with Crippen molar-refractivity contribution in [3.63, 3.8) is 0 Å². The number of carbonyl (C=O) groups excluding carboxylic acids is 3. The van der Waals surface area contributed by atoms with Gasteiger partial charge in [-0.25, -0.2) is 9.69 Å². The van der Waals surface area contributed by atoms with E-state index in [-0.39, 0.29) is 29.6 Å². The lowest BCUT2D eigenvalue weighted by molar-refractivity contribution is -0.120. The molecule has 42 heavy (non-hydrogen) atoms. The summed E-state index contributed by atoms with van der Waals surface area (Å²) in [4.78, 5) is 48.3. The number of nitrogens with zero attached hydrogens (tertiary/aromatic N) is 2. The van der Waals surface area contributed by atoms with Crippen molar-refractivity contribution in [1.82, 2.24) is 15.2 Å². The number of aromatic amines is 1. The number of aromatic nitrogens is 1.